The van der Waals surface area contributed by atoms with Crippen molar-refractivity contribution in [2.75, 3.05) is 0 Å². The molecule has 0 aliphatic heterocycles. The van der Waals surface area contributed by atoms with Crippen LogP contribution in [0, 0.1) is 11.3 Å². The molecule has 0 spiro atoms. The van der Waals surface area contributed by atoms with Crippen molar-refractivity contribution in [2.24, 2.45) is 0 Å². The molecule has 0 aromatic carbocycles. The van der Waals surface area contributed by atoms with Crippen molar-refractivity contribution in [3.8, 4) is 6.07 Å². The van der Waals surface area contributed by atoms with Gasteiger partial charge in [-0.15, -0.1) is 0 Å². The fourth-order valence-corrected chi connectivity index (χ4v) is 0. The molecule has 0 radical (unpaired) electrons. The van der Waals surface area contributed by atoms with Crippen molar-refractivity contribution in [3.05, 3.63) is 34.2 Å². The van der Waals surface area contributed by atoms with Gasteiger partial charge in [0.25, 0.3) is 0 Å². The minimum atomic E-state index is 0.792. The number of hydrogen-bond donors (Lipinski definition) is 0. The zero-order valence-corrected chi connectivity index (χ0v) is 10.6. The third kappa shape index (κ3) is 510. The van der Waals surface area contributed by atoms with Crippen LogP contribution in [-0.4, -0.2) is 0 Å². The van der Waals surface area contributed by atoms with Crippen LogP contribution in [0.2, 0.25) is 0 Å². The first-order valence-electron chi connectivity index (χ1n) is 2.28. The van der Waals surface area contributed by atoms with Crippen LogP contribution < -0.4 is 0 Å². The highest BCUT2D eigenvalue weighted by Gasteiger charge is 1.58. The summed E-state index contributed by atoms with van der Waals surface area (Å²) in [7, 11) is 0. The maximum absolute atomic E-state index is 7.51. The predicted molar refractivity (Wildman–Crippen MR) is 61.9 cm³/mol. The largest absolute Gasteiger partial charge is 0.193 e. The smallest absolute Gasteiger partial charge is 0.0905 e. The fourth-order valence-electron chi connectivity index (χ4n) is 0. The van der Waals surface area contributed by atoms with Gasteiger partial charge in [0, 0.05) is 6.08 Å². The van der Waals surface area contributed by atoms with Crippen LogP contribution >= 0.6 is 47.8 Å². The van der Waals surface area contributed by atoms with Gasteiger partial charge in [0.15, 0.2) is 0 Å². The van der Waals surface area contributed by atoms with Gasteiger partial charge in [-0.25, -0.2) is 0 Å². The van der Waals surface area contributed by atoms with Gasteiger partial charge in [0.2, 0.25) is 0 Å². The van der Waals surface area contributed by atoms with Gasteiger partial charge in [0.1, 0.15) is 0 Å². The van der Waals surface area contributed by atoms with Crippen LogP contribution in [0.25, 0.3) is 0 Å². The molecule has 0 amide bonds. The summed E-state index contributed by atoms with van der Waals surface area (Å²) in [6, 6.07) is 1.69. The highest BCUT2D eigenvalue weighted by Crippen LogP contribution is 2.06. The molecule has 0 N–H and O–H groups in total. The maximum atomic E-state index is 7.51. The van der Waals surface area contributed by atoms with Crippen LogP contribution in [0.4, 0.5) is 0 Å². The molecule has 0 aliphatic rings. The lowest BCUT2D eigenvalue weighted by Gasteiger charge is -1.58. The maximum Gasteiger partial charge on any atom is 0.0905 e. The van der Waals surface area contributed by atoms with Gasteiger partial charge in [-0.2, -0.15) is 5.26 Å². The molecule has 0 fully saturated rings. The lowest BCUT2D eigenvalue weighted by Crippen LogP contribution is -1.23. The Morgan fingerprint density at radius 3 is 1.45 bits per heavy atom. The first kappa shape index (κ1) is 17.3. The Morgan fingerprint density at radius 2 is 1.45 bits per heavy atom. The van der Waals surface area contributed by atoms with Crippen LogP contribution in [0.5, 0.6) is 0 Å². The minimum absolute atomic E-state index is 0.792. The summed E-state index contributed by atoms with van der Waals surface area (Å²) in [5.41, 5.74) is 0. The van der Waals surface area contributed by atoms with Crippen LogP contribution in [0.3, 0.4) is 0 Å². The van der Waals surface area contributed by atoms with Gasteiger partial charge in [0.05, 0.1) is 9.46 Å². The predicted octanol–water partition coefficient (Wildman–Crippen LogP) is 4.47. The molecule has 0 unspecified atom stereocenters. The summed E-state index contributed by atoms with van der Waals surface area (Å²) in [6.45, 7) is 9.78. The summed E-state index contributed by atoms with van der Waals surface area (Å²) in [5.74, 6) is 0. The molecule has 0 bridgehead atoms. The van der Waals surface area contributed by atoms with E-state index < -0.39 is 0 Å². The van der Waals surface area contributed by atoms with Gasteiger partial charge in [-0.1, -0.05) is 35.7 Å². The van der Waals surface area contributed by atoms with Crippen molar-refractivity contribution >= 4 is 47.8 Å². The Hall–Kier alpha value is 0.150. The van der Waals surface area contributed by atoms with E-state index in [0.717, 1.165) is 3.39 Å². The van der Waals surface area contributed by atoms with E-state index in [9.17, 15) is 0 Å². The first-order valence-corrected chi connectivity index (χ1v) is 4.78. The molecule has 1 nitrogen and oxygen atoms in total. The molecule has 4 heteroatoms. The average Bonchev–Trinajstić information content (AvgIpc) is 1.88. The molecule has 62 valence electrons. The van der Waals surface area contributed by atoms with E-state index >= 15 is 0 Å². The second-order valence-corrected chi connectivity index (χ2v) is 4.45. The highest BCUT2D eigenvalue weighted by atomic mass is 79.9. The van der Waals surface area contributed by atoms with E-state index in [1.165, 1.54) is 6.08 Å². The molecule has 0 rings (SSSR count). The summed E-state index contributed by atoms with van der Waals surface area (Å²) in [6.07, 6.45) is 1.18. The van der Waals surface area contributed by atoms with Gasteiger partial charge >= 0.3 is 0 Å². The second kappa shape index (κ2) is 22.5. The lowest BCUT2D eigenvalue weighted by molar-refractivity contribution is 1.54. The van der Waals surface area contributed by atoms with Crippen LogP contribution in [0.15, 0.2) is 34.2 Å². The number of nitriles is 1. The molecule has 0 atom stereocenters. The molecular formula is C7H8Br3N. The van der Waals surface area contributed by atoms with E-state index in [1.54, 1.807) is 11.1 Å². The lowest BCUT2D eigenvalue weighted by atomic mass is 10.8. The molecule has 0 aliphatic carbocycles. The Labute approximate surface area is 92.9 Å². The summed E-state index contributed by atoms with van der Waals surface area (Å²) >= 11 is 8.90. The van der Waals surface area contributed by atoms with Crippen molar-refractivity contribution in [3.63, 3.8) is 0 Å². The fraction of sp³-hybridized carbons (Fsp3) is 0. The number of hydrogen-bond acceptors (Lipinski definition) is 1. The van der Waals surface area contributed by atoms with E-state index in [4.69, 9.17) is 5.26 Å². The molecule has 11 heavy (non-hydrogen) atoms. The third-order valence-corrected chi connectivity index (χ3v) is 0.0913. The third-order valence-electron chi connectivity index (χ3n) is 0.0913. The zero-order chi connectivity index (χ0) is 9.70. The Bertz CT molecular complexity index is 142. The Morgan fingerprint density at radius 1 is 1.36 bits per heavy atom. The van der Waals surface area contributed by atoms with Gasteiger partial charge in [-0.3, -0.25) is 0 Å². The standard InChI is InChI=1S/C3H3N.C2H2Br2.C2H3Br/c1-2-3-4;1-2(3)4;1-2-3/h2H,1H2;1H2;2H,1H2. The van der Waals surface area contributed by atoms with Crippen molar-refractivity contribution in [1.29, 1.82) is 5.26 Å². The number of halogens is 3. The molecular weight excluding hydrogens is 338 g/mol. The van der Waals surface area contributed by atoms with Crippen molar-refractivity contribution < 1.29 is 0 Å². The van der Waals surface area contributed by atoms with Gasteiger partial charge < -0.3 is 0 Å². The Balaban J connectivity index is -0.0000000886. The average molecular weight is 346 g/mol. The summed E-state index contributed by atoms with van der Waals surface area (Å²) < 4.78 is 0.792. The quantitative estimate of drug-likeness (QED) is 0.594. The summed E-state index contributed by atoms with van der Waals surface area (Å²) in [4.78, 5) is 1.56. The van der Waals surface area contributed by atoms with E-state index in [2.05, 4.69) is 67.5 Å². The van der Waals surface area contributed by atoms with E-state index in [0.29, 0.717) is 0 Å². The van der Waals surface area contributed by atoms with Crippen molar-refractivity contribution in [2.45, 2.75) is 0 Å². The number of nitrogens with zero attached hydrogens (tertiary/aromatic N) is 1. The van der Waals surface area contributed by atoms with E-state index in [-0.39, 0.29) is 0 Å². The van der Waals surface area contributed by atoms with Crippen LogP contribution in [0.1, 0.15) is 0 Å². The number of allylic oxidation sites excluding steroid dienone is 1. The second-order valence-electron chi connectivity index (χ2n) is 0.826. The SMILES string of the molecule is C=C(Br)Br.C=CBr.C=CC#N. The molecule has 0 saturated heterocycles. The normalized spacial score (nSPS) is 4.91. The zero-order valence-electron chi connectivity index (χ0n) is 5.86. The van der Waals surface area contributed by atoms with E-state index in [1.807, 2.05) is 0 Å². The monoisotopic (exact) mass is 343 g/mol. The Kier molecular flexibility index (Phi) is 35.3. The molecule has 0 aromatic heterocycles. The molecule has 0 saturated carbocycles. The number of rotatable bonds is 0. The highest BCUT2D eigenvalue weighted by molar-refractivity contribution is 9.28. The minimum Gasteiger partial charge on any atom is -0.193 e. The van der Waals surface area contributed by atoms with Crippen molar-refractivity contribution in [1.82, 2.24) is 0 Å². The topological polar surface area (TPSA) is 23.8 Å². The first-order chi connectivity index (χ1) is 5.06. The molecule has 0 heterocycles. The summed E-state index contributed by atoms with van der Waals surface area (Å²) in [5, 5.41) is 7.51. The van der Waals surface area contributed by atoms with Crippen LogP contribution in [-0.2, 0) is 0 Å². The van der Waals surface area contributed by atoms with Gasteiger partial charge in [-0.05, 0) is 36.8 Å². The molecule has 0 aromatic rings.